The van der Waals surface area contributed by atoms with E-state index in [1.807, 2.05) is 0 Å². The van der Waals surface area contributed by atoms with Gasteiger partial charge in [0.2, 0.25) is 0 Å². The van der Waals surface area contributed by atoms with Crippen LogP contribution < -0.4 is 0 Å². The molecule has 0 atom stereocenters. The molecule has 3 nitrogen and oxygen atoms in total. The van der Waals surface area contributed by atoms with E-state index in [0.717, 1.165) is 13.0 Å². The molecule has 0 saturated carbocycles. The first-order valence-corrected chi connectivity index (χ1v) is 3.77. The molecule has 1 fully saturated rings. The fourth-order valence-corrected chi connectivity index (χ4v) is 1.27. The smallest absolute Gasteiger partial charge is 0.252 e. The maximum atomic E-state index is 11.3. The van der Waals surface area contributed by atoms with Crippen molar-refractivity contribution in [3.63, 3.8) is 0 Å². The lowest BCUT2D eigenvalue weighted by Crippen LogP contribution is -2.33. The molecule has 1 heterocycles. The number of aliphatic hydroxyl groups excluding tert-OH is 1. The topological polar surface area (TPSA) is 40.5 Å². The Kier molecular flexibility index (Phi) is 2.17. The largest absolute Gasteiger partial charge is 0.512 e. The molecule has 0 aromatic heterocycles. The molecule has 1 rings (SSSR count). The lowest BCUT2D eigenvalue weighted by Gasteiger charge is -2.24. The molecule has 0 spiro atoms. The van der Waals surface area contributed by atoms with Gasteiger partial charge in [-0.15, -0.1) is 0 Å². The van der Waals surface area contributed by atoms with Gasteiger partial charge in [-0.25, -0.2) is 0 Å². The number of aliphatic hydroxyl groups is 1. The third kappa shape index (κ3) is 1.53. The lowest BCUT2D eigenvalue weighted by molar-refractivity contribution is -0.127. The van der Waals surface area contributed by atoms with Crippen LogP contribution in [0.4, 0.5) is 0 Å². The van der Waals surface area contributed by atoms with E-state index in [1.54, 1.807) is 18.9 Å². The number of hydrogen-bond acceptors (Lipinski definition) is 2. The minimum absolute atomic E-state index is 0.0312. The maximum absolute atomic E-state index is 11.3. The van der Waals surface area contributed by atoms with Gasteiger partial charge >= 0.3 is 0 Å². The summed E-state index contributed by atoms with van der Waals surface area (Å²) in [5.74, 6) is 0.137. The molecule has 0 aromatic rings. The highest BCUT2D eigenvalue weighted by molar-refractivity contribution is 5.94. The molecule has 1 aliphatic heterocycles. The van der Waals surface area contributed by atoms with E-state index in [4.69, 9.17) is 5.11 Å². The number of carbonyl (C=O) groups is 1. The van der Waals surface area contributed by atoms with E-state index in [2.05, 4.69) is 0 Å². The van der Waals surface area contributed by atoms with Crippen LogP contribution in [0.2, 0.25) is 0 Å². The summed E-state index contributed by atoms with van der Waals surface area (Å²) in [5, 5.41) is 9.10. The molecule has 1 aliphatic rings. The summed E-state index contributed by atoms with van der Waals surface area (Å²) in [6.07, 6.45) is 1.67. The zero-order valence-corrected chi connectivity index (χ0v) is 6.92. The molecule has 1 amide bonds. The summed E-state index contributed by atoms with van der Waals surface area (Å²) in [6.45, 7) is 2.36. The number of amides is 1. The minimum atomic E-state index is -0.0312. The first-order valence-electron chi connectivity index (χ1n) is 3.77. The Balaban J connectivity index is 2.83. The Hall–Kier alpha value is -0.990. The number of nitrogens with zero attached hydrogens (tertiary/aromatic N) is 1. The normalized spacial score (nSPS) is 23.8. The van der Waals surface area contributed by atoms with Crippen molar-refractivity contribution in [2.24, 2.45) is 0 Å². The number of piperidine rings is 1. The zero-order valence-electron chi connectivity index (χ0n) is 6.92. The van der Waals surface area contributed by atoms with Gasteiger partial charge in [0.05, 0.1) is 11.3 Å². The van der Waals surface area contributed by atoms with E-state index < -0.39 is 0 Å². The molecule has 0 aromatic carbocycles. The van der Waals surface area contributed by atoms with Crippen LogP contribution in [-0.4, -0.2) is 29.5 Å². The SMILES string of the molecule is C/C(O)=C1\CCCN(C)C1=O. The van der Waals surface area contributed by atoms with Gasteiger partial charge in [0.15, 0.2) is 0 Å². The molecule has 3 heteroatoms. The molecular weight excluding hydrogens is 142 g/mol. The average Bonchev–Trinajstić information content (AvgIpc) is 1.94. The highest BCUT2D eigenvalue weighted by Crippen LogP contribution is 2.17. The van der Waals surface area contributed by atoms with Crippen LogP contribution in [0.1, 0.15) is 19.8 Å². The summed E-state index contributed by atoms with van der Waals surface area (Å²) in [5.41, 5.74) is 0.568. The number of rotatable bonds is 0. The summed E-state index contributed by atoms with van der Waals surface area (Å²) < 4.78 is 0. The van der Waals surface area contributed by atoms with Crippen molar-refractivity contribution in [1.82, 2.24) is 4.90 Å². The minimum Gasteiger partial charge on any atom is -0.512 e. The fraction of sp³-hybridized carbons (Fsp3) is 0.625. The van der Waals surface area contributed by atoms with Gasteiger partial charge in [-0.1, -0.05) is 0 Å². The van der Waals surface area contributed by atoms with Gasteiger partial charge in [0, 0.05) is 13.6 Å². The summed E-state index contributed by atoms with van der Waals surface area (Å²) >= 11 is 0. The van der Waals surface area contributed by atoms with E-state index in [1.165, 1.54) is 0 Å². The van der Waals surface area contributed by atoms with Crippen LogP contribution in [0.3, 0.4) is 0 Å². The van der Waals surface area contributed by atoms with Crippen LogP contribution in [0.15, 0.2) is 11.3 Å². The molecule has 0 radical (unpaired) electrons. The van der Waals surface area contributed by atoms with Crippen molar-refractivity contribution in [3.05, 3.63) is 11.3 Å². The van der Waals surface area contributed by atoms with Crippen LogP contribution >= 0.6 is 0 Å². The van der Waals surface area contributed by atoms with Crippen LogP contribution in [0, 0.1) is 0 Å². The predicted octanol–water partition coefficient (Wildman–Crippen LogP) is 1.07. The van der Waals surface area contributed by atoms with E-state index in [0.29, 0.717) is 12.0 Å². The lowest BCUT2D eigenvalue weighted by atomic mass is 10.0. The second kappa shape index (κ2) is 2.95. The Morgan fingerprint density at radius 3 is 2.73 bits per heavy atom. The number of allylic oxidation sites excluding steroid dienone is 1. The summed E-state index contributed by atoms with van der Waals surface area (Å²) in [7, 11) is 1.75. The van der Waals surface area contributed by atoms with Crippen molar-refractivity contribution >= 4 is 5.91 Å². The number of likely N-dealkylation sites (N-methyl/N-ethyl adjacent to an activating group) is 1. The number of likely N-dealkylation sites (tertiary alicyclic amines) is 1. The monoisotopic (exact) mass is 155 g/mol. The van der Waals surface area contributed by atoms with Crippen LogP contribution in [-0.2, 0) is 4.79 Å². The second-order valence-corrected chi connectivity index (χ2v) is 2.89. The van der Waals surface area contributed by atoms with Crippen molar-refractivity contribution < 1.29 is 9.90 Å². The zero-order chi connectivity index (χ0) is 8.43. The van der Waals surface area contributed by atoms with Crippen molar-refractivity contribution in [1.29, 1.82) is 0 Å². The van der Waals surface area contributed by atoms with Crippen LogP contribution in [0.25, 0.3) is 0 Å². The van der Waals surface area contributed by atoms with Crippen molar-refractivity contribution in [2.75, 3.05) is 13.6 Å². The van der Waals surface area contributed by atoms with E-state index in [9.17, 15) is 4.79 Å². The molecule has 11 heavy (non-hydrogen) atoms. The predicted molar refractivity (Wildman–Crippen MR) is 42.2 cm³/mol. The second-order valence-electron chi connectivity index (χ2n) is 2.89. The Labute approximate surface area is 66.3 Å². The van der Waals surface area contributed by atoms with E-state index >= 15 is 0 Å². The first-order chi connectivity index (χ1) is 5.13. The van der Waals surface area contributed by atoms with Gasteiger partial charge in [-0.05, 0) is 19.8 Å². The summed E-state index contributed by atoms with van der Waals surface area (Å²) in [6, 6.07) is 0. The Morgan fingerprint density at radius 1 is 1.64 bits per heavy atom. The van der Waals surface area contributed by atoms with Crippen molar-refractivity contribution in [3.8, 4) is 0 Å². The van der Waals surface area contributed by atoms with Gasteiger partial charge < -0.3 is 10.0 Å². The van der Waals surface area contributed by atoms with Gasteiger partial charge in [0.25, 0.3) is 5.91 Å². The maximum Gasteiger partial charge on any atom is 0.252 e. The molecule has 1 N–H and O–H groups in total. The third-order valence-corrected chi connectivity index (χ3v) is 1.96. The van der Waals surface area contributed by atoms with Crippen LogP contribution in [0.5, 0.6) is 0 Å². The average molecular weight is 155 g/mol. The Bertz CT molecular complexity index is 204. The molecular formula is C8H13NO2. The third-order valence-electron chi connectivity index (χ3n) is 1.96. The standard InChI is InChI=1S/C8H13NO2/c1-6(10)7-4-3-5-9(2)8(7)11/h10H,3-5H2,1-2H3/b7-6-. The molecule has 0 aliphatic carbocycles. The Morgan fingerprint density at radius 2 is 2.27 bits per heavy atom. The van der Waals surface area contributed by atoms with Crippen molar-refractivity contribution in [2.45, 2.75) is 19.8 Å². The number of carbonyl (C=O) groups excluding carboxylic acids is 1. The van der Waals surface area contributed by atoms with E-state index in [-0.39, 0.29) is 11.7 Å². The van der Waals surface area contributed by atoms with Gasteiger partial charge in [-0.2, -0.15) is 0 Å². The quantitative estimate of drug-likeness (QED) is 0.420. The molecule has 0 bridgehead atoms. The highest BCUT2D eigenvalue weighted by atomic mass is 16.3. The first kappa shape index (κ1) is 8.11. The number of hydrogen-bond donors (Lipinski definition) is 1. The summed E-state index contributed by atoms with van der Waals surface area (Å²) in [4.78, 5) is 12.9. The molecule has 1 saturated heterocycles. The van der Waals surface area contributed by atoms with Gasteiger partial charge in [-0.3, -0.25) is 4.79 Å². The highest BCUT2D eigenvalue weighted by Gasteiger charge is 2.21. The molecule has 62 valence electrons. The fourth-order valence-electron chi connectivity index (χ4n) is 1.27. The molecule has 0 unspecified atom stereocenters. The van der Waals surface area contributed by atoms with Gasteiger partial charge in [0.1, 0.15) is 0 Å².